The zero-order chi connectivity index (χ0) is 11.2. The second-order valence-corrected chi connectivity index (χ2v) is 4.47. The molecule has 17 heavy (non-hydrogen) atoms. The lowest BCUT2D eigenvalue weighted by Crippen LogP contribution is -2.05. The fraction of sp³-hybridized carbons (Fsp3) is 0.133. The van der Waals surface area contributed by atoms with Gasteiger partial charge in [-0.15, -0.1) is 0 Å². The maximum atomic E-state index is 4.24. The van der Waals surface area contributed by atoms with E-state index in [9.17, 15) is 0 Å². The Kier molecular flexibility index (Phi) is 1.69. The van der Waals surface area contributed by atoms with Gasteiger partial charge >= 0.3 is 0 Å². The smallest absolute Gasteiger partial charge is 0.0565 e. The van der Waals surface area contributed by atoms with Crippen LogP contribution >= 0.6 is 0 Å². The molecule has 0 spiro atoms. The van der Waals surface area contributed by atoms with Crippen molar-refractivity contribution in [3.05, 3.63) is 47.3 Å². The standard InChI is InChI=1S/C15H12N2/c1-3-11-4-2-10-17-14-7-9-16-8-6-12(14)13(5-1)15(11)17/h1-6,8-9H,7,10H2. The minimum atomic E-state index is 0.921. The quantitative estimate of drug-likeness (QED) is 0.648. The Balaban J connectivity index is 2.19. The van der Waals surface area contributed by atoms with Gasteiger partial charge in [-0.05, 0) is 11.6 Å². The summed E-state index contributed by atoms with van der Waals surface area (Å²) >= 11 is 0. The first-order valence-electron chi connectivity index (χ1n) is 5.94. The Hall–Kier alpha value is -2.09. The lowest BCUT2D eigenvalue weighted by molar-refractivity contribution is 0.812. The summed E-state index contributed by atoms with van der Waals surface area (Å²) in [5, 5.41) is 1.35. The number of rotatable bonds is 0. The summed E-state index contributed by atoms with van der Waals surface area (Å²) in [4.78, 5) is 4.24. The predicted octanol–water partition coefficient (Wildman–Crippen LogP) is 3.27. The van der Waals surface area contributed by atoms with Crippen LogP contribution in [0, 0.1) is 0 Å². The number of para-hydroxylation sites is 1. The first-order chi connectivity index (χ1) is 8.45. The van der Waals surface area contributed by atoms with Crippen LogP contribution in [0.3, 0.4) is 0 Å². The van der Waals surface area contributed by atoms with Gasteiger partial charge in [-0.25, -0.2) is 0 Å². The third-order valence-corrected chi connectivity index (χ3v) is 3.57. The van der Waals surface area contributed by atoms with Crippen LogP contribution in [-0.4, -0.2) is 10.8 Å². The Morgan fingerprint density at radius 2 is 2.18 bits per heavy atom. The van der Waals surface area contributed by atoms with E-state index in [1.807, 2.05) is 12.4 Å². The van der Waals surface area contributed by atoms with Gasteiger partial charge in [0.05, 0.1) is 5.52 Å². The topological polar surface area (TPSA) is 17.3 Å². The van der Waals surface area contributed by atoms with Crippen LogP contribution in [0.15, 0.2) is 35.5 Å². The first kappa shape index (κ1) is 8.99. The van der Waals surface area contributed by atoms with E-state index in [0.717, 1.165) is 13.0 Å². The van der Waals surface area contributed by atoms with Crippen LogP contribution in [0.2, 0.25) is 0 Å². The number of aliphatic imine (C=N–C) groups is 1. The molecule has 0 bridgehead atoms. The molecule has 0 atom stereocenters. The highest BCUT2D eigenvalue weighted by Crippen LogP contribution is 2.33. The molecule has 0 saturated heterocycles. The van der Waals surface area contributed by atoms with Crippen molar-refractivity contribution in [2.45, 2.75) is 13.0 Å². The van der Waals surface area contributed by atoms with E-state index in [1.165, 1.54) is 27.7 Å². The zero-order valence-electron chi connectivity index (χ0n) is 9.43. The molecule has 0 aliphatic carbocycles. The maximum absolute atomic E-state index is 4.24. The second kappa shape index (κ2) is 3.20. The first-order valence-corrected chi connectivity index (χ1v) is 5.94. The zero-order valence-corrected chi connectivity index (χ0v) is 9.43. The molecule has 2 aliphatic heterocycles. The van der Waals surface area contributed by atoms with Crippen molar-refractivity contribution in [3.8, 4) is 0 Å². The summed E-state index contributed by atoms with van der Waals surface area (Å²) in [5.74, 6) is 0. The normalized spacial score (nSPS) is 16.2. The Morgan fingerprint density at radius 3 is 3.18 bits per heavy atom. The van der Waals surface area contributed by atoms with Crippen LogP contribution in [0.5, 0.6) is 0 Å². The minimum absolute atomic E-state index is 0.921. The molecule has 0 saturated carbocycles. The van der Waals surface area contributed by atoms with Crippen molar-refractivity contribution >= 4 is 29.3 Å². The number of fused-ring (bicyclic) bond motifs is 3. The van der Waals surface area contributed by atoms with E-state index in [2.05, 4.69) is 46.0 Å². The van der Waals surface area contributed by atoms with Gasteiger partial charge in [0.15, 0.2) is 0 Å². The monoisotopic (exact) mass is 220 g/mol. The summed E-state index contributed by atoms with van der Waals surface area (Å²) in [6.07, 6.45) is 11.4. The molecular formula is C15H12N2. The van der Waals surface area contributed by atoms with Crippen LogP contribution in [0.25, 0.3) is 23.1 Å². The van der Waals surface area contributed by atoms with Crippen molar-refractivity contribution in [1.82, 2.24) is 4.57 Å². The van der Waals surface area contributed by atoms with Gasteiger partial charge in [0, 0.05) is 42.0 Å². The van der Waals surface area contributed by atoms with Crippen LogP contribution in [-0.2, 0) is 13.0 Å². The van der Waals surface area contributed by atoms with Gasteiger partial charge in [-0.3, -0.25) is 4.99 Å². The van der Waals surface area contributed by atoms with Gasteiger partial charge in [0.2, 0.25) is 0 Å². The SMILES string of the molecule is C1=Cc2cccc3c4c(n(c23)C1)CC=NC=C4. The molecule has 2 aliphatic rings. The van der Waals surface area contributed by atoms with Crippen LogP contribution < -0.4 is 0 Å². The van der Waals surface area contributed by atoms with Crippen molar-refractivity contribution in [3.63, 3.8) is 0 Å². The number of aromatic nitrogens is 1. The number of benzene rings is 1. The molecular weight excluding hydrogens is 208 g/mol. The fourth-order valence-electron chi connectivity index (χ4n) is 2.86. The molecule has 1 aromatic carbocycles. The molecule has 0 unspecified atom stereocenters. The average molecular weight is 220 g/mol. The molecule has 0 N–H and O–H groups in total. The highest BCUT2D eigenvalue weighted by atomic mass is 15.0. The van der Waals surface area contributed by atoms with Gasteiger partial charge in [-0.2, -0.15) is 0 Å². The highest BCUT2D eigenvalue weighted by molar-refractivity contribution is 5.98. The Bertz CT molecular complexity index is 699. The number of hydrogen-bond acceptors (Lipinski definition) is 1. The number of allylic oxidation sites excluding steroid dienone is 1. The largest absolute Gasteiger partial charge is 0.339 e. The minimum Gasteiger partial charge on any atom is -0.339 e. The Morgan fingerprint density at radius 1 is 1.18 bits per heavy atom. The van der Waals surface area contributed by atoms with E-state index in [1.54, 1.807) is 0 Å². The summed E-state index contributed by atoms with van der Waals surface area (Å²) in [6.45, 7) is 0.977. The van der Waals surface area contributed by atoms with Gasteiger partial charge < -0.3 is 4.57 Å². The number of hydrogen-bond donors (Lipinski definition) is 0. The van der Waals surface area contributed by atoms with Gasteiger partial charge in [0.25, 0.3) is 0 Å². The van der Waals surface area contributed by atoms with E-state index in [4.69, 9.17) is 0 Å². The molecule has 82 valence electrons. The third kappa shape index (κ3) is 1.12. The molecule has 0 fully saturated rings. The second-order valence-electron chi connectivity index (χ2n) is 4.47. The molecule has 4 rings (SSSR count). The van der Waals surface area contributed by atoms with Gasteiger partial charge in [0.1, 0.15) is 0 Å². The van der Waals surface area contributed by atoms with Crippen molar-refractivity contribution in [2.75, 3.05) is 0 Å². The summed E-state index contributed by atoms with van der Waals surface area (Å²) in [5.41, 5.74) is 5.42. The van der Waals surface area contributed by atoms with E-state index in [-0.39, 0.29) is 0 Å². The van der Waals surface area contributed by atoms with E-state index in [0.29, 0.717) is 0 Å². The van der Waals surface area contributed by atoms with Crippen LogP contribution in [0.1, 0.15) is 16.8 Å². The predicted molar refractivity (Wildman–Crippen MR) is 72.2 cm³/mol. The highest BCUT2D eigenvalue weighted by Gasteiger charge is 2.18. The molecule has 0 radical (unpaired) electrons. The molecule has 2 heteroatoms. The molecule has 2 nitrogen and oxygen atoms in total. The molecule has 2 aromatic rings. The lowest BCUT2D eigenvalue weighted by atomic mass is 10.1. The summed E-state index contributed by atoms with van der Waals surface area (Å²) in [7, 11) is 0. The summed E-state index contributed by atoms with van der Waals surface area (Å²) < 4.78 is 2.42. The number of nitrogens with zero attached hydrogens (tertiary/aromatic N) is 2. The van der Waals surface area contributed by atoms with Gasteiger partial charge in [-0.1, -0.05) is 30.4 Å². The van der Waals surface area contributed by atoms with Crippen LogP contribution in [0.4, 0.5) is 0 Å². The Labute approximate surface area is 99.6 Å². The molecule has 0 amide bonds. The van der Waals surface area contributed by atoms with Crippen molar-refractivity contribution in [1.29, 1.82) is 0 Å². The van der Waals surface area contributed by atoms with E-state index < -0.39 is 0 Å². The van der Waals surface area contributed by atoms with Crippen molar-refractivity contribution < 1.29 is 0 Å². The van der Waals surface area contributed by atoms with Crippen molar-refractivity contribution in [2.24, 2.45) is 4.99 Å². The fourth-order valence-corrected chi connectivity index (χ4v) is 2.86. The molecule has 3 heterocycles. The summed E-state index contributed by atoms with van der Waals surface area (Å²) in [6, 6.07) is 6.53. The lowest BCUT2D eigenvalue weighted by Gasteiger charge is -2.12. The average Bonchev–Trinajstić information content (AvgIpc) is 2.55. The van der Waals surface area contributed by atoms with E-state index >= 15 is 0 Å². The third-order valence-electron chi connectivity index (χ3n) is 3.57. The molecule has 1 aromatic heterocycles. The maximum Gasteiger partial charge on any atom is 0.0565 e.